The zero-order chi connectivity index (χ0) is 15.7. The van der Waals surface area contributed by atoms with E-state index in [9.17, 15) is 9.90 Å². The van der Waals surface area contributed by atoms with Crippen molar-refractivity contribution in [3.63, 3.8) is 0 Å². The van der Waals surface area contributed by atoms with E-state index in [0.717, 1.165) is 31.7 Å². The second-order valence-electron chi connectivity index (χ2n) is 6.44. The minimum absolute atomic E-state index is 0.0918. The molecule has 2 aliphatic rings. The molecule has 2 saturated heterocycles. The Balaban J connectivity index is 1.71. The van der Waals surface area contributed by atoms with Gasteiger partial charge in [0.15, 0.2) is 0 Å². The number of carbonyl (C=O) groups is 1. The number of rotatable bonds is 2. The predicted octanol–water partition coefficient (Wildman–Crippen LogP) is 0.0100. The van der Waals surface area contributed by atoms with E-state index in [1.165, 1.54) is 0 Å². The lowest BCUT2D eigenvalue weighted by atomic mass is 9.71. The number of anilines is 2. The number of amides is 1. The van der Waals surface area contributed by atoms with Gasteiger partial charge in [-0.25, -0.2) is 4.98 Å². The molecule has 1 atom stereocenters. The fourth-order valence-electron chi connectivity index (χ4n) is 3.34. The van der Waals surface area contributed by atoms with Crippen molar-refractivity contribution in [2.24, 2.45) is 5.41 Å². The van der Waals surface area contributed by atoms with Crippen LogP contribution in [0.1, 0.15) is 19.3 Å². The number of aliphatic hydroxyl groups is 1. The molecule has 22 heavy (non-hydrogen) atoms. The van der Waals surface area contributed by atoms with E-state index in [-0.39, 0.29) is 5.91 Å². The van der Waals surface area contributed by atoms with Crippen LogP contribution in [0.15, 0.2) is 12.3 Å². The van der Waals surface area contributed by atoms with Gasteiger partial charge in [0, 0.05) is 39.9 Å². The number of carbonyl (C=O) groups excluding carboxylic acids is 1. The number of hydrogen-bond donors (Lipinski definition) is 2. The first kappa shape index (κ1) is 15.0. The molecule has 0 aliphatic carbocycles. The second kappa shape index (κ2) is 5.72. The summed E-state index contributed by atoms with van der Waals surface area (Å²) < 4.78 is 0. The van der Waals surface area contributed by atoms with Gasteiger partial charge in [0.1, 0.15) is 5.82 Å². The summed E-state index contributed by atoms with van der Waals surface area (Å²) in [5.41, 5.74) is -0.411. The summed E-state index contributed by atoms with van der Waals surface area (Å²) in [7, 11) is 3.83. The molecule has 1 unspecified atom stereocenters. The van der Waals surface area contributed by atoms with Crippen LogP contribution in [0.25, 0.3) is 0 Å². The lowest BCUT2D eigenvalue weighted by Gasteiger charge is -2.44. The molecule has 0 bridgehead atoms. The van der Waals surface area contributed by atoms with Crippen LogP contribution in [0.5, 0.6) is 0 Å². The molecule has 1 spiro atoms. The molecule has 2 aliphatic heterocycles. The predicted molar refractivity (Wildman–Crippen MR) is 83.9 cm³/mol. The summed E-state index contributed by atoms with van der Waals surface area (Å²) in [5, 5.41) is 12.7. The van der Waals surface area contributed by atoms with Crippen LogP contribution in [0.4, 0.5) is 11.8 Å². The highest BCUT2D eigenvalue weighted by Gasteiger charge is 2.45. The molecule has 0 saturated carbocycles. The van der Waals surface area contributed by atoms with Crippen LogP contribution < -0.4 is 15.1 Å². The van der Waals surface area contributed by atoms with Crippen molar-refractivity contribution < 1.29 is 9.90 Å². The summed E-state index contributed by atoms with van der Waals surface area (Å²) in [5.74, 6) is 1.67. The quantitative estimate of drug-likeness (QED) is 0.801. The van der Waals surface area contributed by atoms with Crippen molar-refractivity contribution in [1.29, 1.82) is 0 Å². The van der Waals surface area contributed by atoms with E-state index in [2.05, 4.69) is 20.2 Å². The molecule has 120 valence electrons. The first-order valence-corrected chi connectivity index (χ1v) is 7.72. The molecular formula is C15H23N5O2. The minimum atomic E-state index is -0.427. The van der Waals surface area contributed by atoms with Crippen LogP contribution in [0.3, 0.4) is 0 Å². The van der Waals surface area contributed by atoms with E-state index in [0.29, 0.717) is 18.9 Å². The van der Waals surface area contributed by atoms with E-state index >= 15 is 0 Å². The molecule has 3 heterocycles. The standard InChI is InChI=1S/C15H23N5O2/c1-19(2)14-16-6-3-12(18-14)20-7-4-15(5-8-20)9-11(21)10-17-13(15)22/h3,6,11,21H,4-5,7-10H2,1-2H3,(H,17,22). The van der Waals surface area contributed by atoms with E-state index in [1.807, 2.05) is 25.1 Å². The molecule has 3 rings (SSSR count). The number of nitrogens with zero attached hydrogens (tertiary/aromatic N) is 4. The third-order valence-corrected chi connectivity index (χ3v) is 4.68. The summed E-state index contributed by atoms with van der Waals surface area (Å²) in [4.78, 5) is 25.1. The van der Waals surface area contributed by atoms with Crippen LogP contribution >= 0.6 is 0 Å². The molecule has 1 aromatic heterocycles. The first-order chi connectivity index (χ1) is 10.5. The Bertz CT molecular complexity index is 555. The molecule has 0 radical (unpaired) electrons. The number of aliphatic hydroxyl groups excluding tert-OH is 1. The Kier molecular flexibility index (Phi) is 3.90. The number of piperidine rings is 2. The van der Waals surface area contributed by atoms with Crippen molar-refractivity contribution in [1.82, 2.24) is 15.3 Å². The van der Waals surface area contributed by atoms with Crippen molar-refractivity contribution >= 4 is 17.7 Å². The van der Waals surface area contributed by atoms with Crippen LogP contribution in [-0.4, -0.2) is 60.8 Å². The number of β-amino-alcohol motifs (C(OH)–C–C–N with tert-alkyl or cyclic N) is 1. The highest BCUT2D eigenvalue weighted by molar-refractivity contribution is 5.84. The molecule has 7 nitrogen and oxygen atoms in total. The monoisotopic (exact) mass is 305 g/mol. The highest BCUT2D eigenvalue weighted by atomic mass is 16.3. The summed E-state index contributed by atoms with van der Waals surface area (Å²) >= 11 is 0. The summed E-state index contributed by atoms with van der Waals surface area (Å²) in [6.07, 6.45) is 3.40. The summed E-state index contributed by atoms with van der Waals surface area (Å²) in [6.45, 7) is 1.91. The Morgan fingerprint density at radius 3 is 2.82 bits per heavy atom. The normalized spacial score (nSPS) is 24.2. The molecule has 0 aromatic carbocycles. The Hall–Kier alpha value is -1.89. The van der Waals surface area contributed by atoms with Crippen LogP contribution in [0, 0.1) is 5.41 Å². The van der Waals surface area contributed by atoms with Gasteiger partial charge in [-0.2, -0.15) is 4.98 Å². The molecule has 2 fully saturated rings. The average molecular weight is 305 g/mol. The maximum absolute atomic E-state index is 12.2. The van der Waals surface area contributed by atoms with E-state index in [1.54, 1.807) is 6.20 Å². The number of aromatic nitrogens is 2. The zero-order valence-electron chi connectivity index (χ0n) is 13.1. The lowest BCUT2D eigenvalue weighted by Crippen LogP contribution is -2.56. The molecule has 2 N–H and O–H groups in total. The fraction of sp³-hybridized carbons (Fsp3) is 0.667. The third kappa shape index (κ3) is 2.72. The van der Waals surface area contributed by atoms with Crippen molar-refractivity contribution in [2.45, 2.75) is 25.4 Å². The highest BCUT2D eigenvalue weighted by Crippen LogP contribution is 2.39. The van der Waals surface area contributed by atoms with Crippen molar-refractivity contribution in [3.8, 4) is 0 Å². The maximum Gasteiger partial charge on any atom is 0.226 e. The number of hydrogen-bond acceptors (Lipinski definition) is 6. The molecule has 1 aromatic rings. The second-order valence-corrected chi connectivity index (χ2v) is 6.44. The van der Waals surface area contributed by atoms with Gasteiger partial charge in [0.05, 0.1) is 11.5 Å². The van der Waals surface area contributed by atoms with E-state index in [4.69, 9.17) is 0 Å². The maximum atomic E-state index is 12.2. The van der Waals surface area contributed by atoms with Crippen LogP contribution in [0.2, 0.25) is 0 Å². The molecule has 7 heteroatoms. The number of nitrogens with one attached hydrogen (secondary N) is 1. The first-order valence-electron chi connectivity index (χ1n) is 7.72. The Morgan fingerprint density at radius 1 is 1.41 bits per heavy atom. The van der Waals surface area contributed by atoms with Crippen molar-refractivity contribution in [2.75, 3.05) is 43.5 Å². The van der Waals surface area contributed by atoms with E-state index < -0.39 is 11.5 Å². The fourth-order valence-corrected chi connectivity index (χ4v) is 3.34. The Labute approximate surface area is 130 Å². The zero-order valence-corrected chi connectivity index (χ0v) is 13.1. The van der Waals surface area contributed by atoms with Gasteiger partial charge >= 0.3 is 0 Å². The van der Waals surface area contributed by atoms with Gasteiger partial charge in [-0.3, -0.25) is 4.79 Å². The van der Waals surface area contributed by atoms with Gasteiger partial charge in [0.2, 0.25) is 11.9 Å². The van der Waals surface area contributed by atoms with Gasteiger partial charge in [-0.1, -0.05) is 0 Å². The van der Waals surface area contributed by atoms with Crippen LogP contribution in [-0.2, 0) is 4.79 Å². The average Bonchev–Trinajstić information content (AvgIpc) is 2.52. The summed E-state index contributed by atoms with van der Waals surface area (Å²) in [6, 6.07) is 1.90. The Morgan fingerprint density at radius 2 is 2.14 bits per heavy atom. The van der Waals surface area contributed by atoms with Gasteiger partial charge in [-0.05, 0) is 25.3 Å². The smallest absolute Gasteiger partial charge is 0.226 e. The lowest BCUT2D eigenvalue weighted by molar-refractivity contribution is -0.138. The van der Waals surface area contributed by atoms with Gasteiger partial charge < -0.3 is 20.2 Å². The minimum Gasteiger partial charge on any atom is -0.391 e. The molecular weight excluding hydrogens is 282 g/mol. The van der Waals surface area contributed by atoms with Gasteiger partial charge in [0.25, 0.3) is 0 Å². The SMILES string of the molecule is CN(C)c1nccc(N2CCC3(CC2)CC(O)CNC3=O)n1. The van der Waals surface area contributed by atoms with Crippen molar-refractivity contribution in [3.05, 3.63) is 12.3 Å². The topological polar surface area (TPSA) is 81.6 Å². The largest absolute Gasteiger partial charge is 0.391 e. The molecule has 1 amide bonds. The third-order valence-electron chi connectivity index (χ3n) is 4.68. The van der Waals surface area contributed by atoms with Gasteiger partial charge in [-0.15, -0.1) is 0 Å².